The second-order valence-electron chi connectivity index (χ2n) is 5.65. The molecule has 0 amide bonds. The summed E-state index contributed by atoms with van der Waals surface area (Å²) in [6.07, 6.45) is 5.12. The molecule has 0 saturated carbocycles. The Bertz CT molecular complexity index is 627. The number of rotatable bonds is 5. The number of aryl methyl sites for hydroxylation is 1. The van der Waals surface area contributed by atoms with Gasteiger partial charge in [-0.25, -0.2) is 9.97 Å². The van der Waals surface area contributed by atoms with Gasteiger partial charge in [0.05, 0.1) is 5.52 Å². The van der Waals surface area contributed by atoms with Gasteiger partial charge < -0.3 is 9.67 Å². The number of likely N-dealkylation sites (tertiary alicyclic amines) is 1. The van der Waals surface area contributed by atoms with Crippen molar-refractivity contribution in [2.24, 2.45) is 0 Å². The zero-order valence-electron chi connectivity index (χ0n) is 12.3. The number of hydrogen-bond donors (Lipinski definition) is 1. The third-order valence-electron chi connectivity index (χ3n) is 4.34. The lowest BCUT2D eigenvalue weighted by Gasteiger charge is -2.24. The van der Waals surface area contributed by atoms with E-state index in [0.29, 0.717) is 6.04 Å². The Morgan fingerprint density at radius 2 is 2.29 bits per heavy atom. The monoisotopic (exact) mass is 352 g/mol. The number of pyridine rings is 1. The standard InChI is InChI=1S/C15H21BrN4O/c1-11-18-15-14(9-12(16)10-17-15)20(11)7-6-19-5-2-3-13(19)4-8-21/h9-10,13,21H,2-8H2,1H3. The number of aromatic nitrogens is 3. The first-order valence-electron chi connectivity index (χ1n) is 7.52. The van der Waals surface area contributed by atoms with Crippen molar-refractivity contribution in [3.8, 4) is 0 Å². The highest BCUT2D eigenvalue weighted by molar-refractivity contribution is 9.10. The maximum Gasteiger partial charge on any atom is 0.177 e. The van der Waals surface area contributed by atoms with Crippen LogP contribution in [0.4, 0.5) is 0 Å². The minimum absolute atomic E-state index is 0.283. The summed E-state index contributed by atoms with van der Waals surface area (Å²) in [5.41, 5.74) is 1.89. The Hall–Kier alpha value is -0.980. The molecule has 0 spiro atoms. The SMILES string of the molecule is Cc1nc2ncc(Br)cc2n1CCN1CCCC1CCO. The highest BCUT2D eigenvalue weighted by Gasteiger charge is 2.23. The van der Waals surface area contributed by atoms with E-state index >= 15 is 0 Å². The Kier molecular flexibility index (Phi) is 4.57. The molecule has 1 fully saturated rings. The predicted octanol–water partition coefficient (Wildman–Crippen LogP) is 2.35. The van der Waals surface area contributed by atoms with Crippen molar-refractivity contribution in [1.29, 1.82) is 0 Å². The van der Waals surface area contributed by atoms with E-state index in [1.54, 1.807) is 6.20 Å². The lowest BCUT2D eigenvalue weighted by Crippen LogP contribution is -2.33. The normalized spacial score (nSPS) is 19.7. The van der Waals surface area contributed by atoms with Crippen molar-refractivity contribution >= 4 is 27.1 Å². The Balaban J connectivity index is 1.76. The number of aliphatic hydroxyl groups excluding tert-OH is 1. The second kappa shape index (κ2) is 6.42. The van der Waals surface area contributed by atoms with Crippen LogP contribution in [0.5, 0.6) is 0 Å². The summed E-state index contributed by atoms with van der Waals surface area (Å²) in [5, 5.41) is 9.16. The third kappa shape index (κ3) is 3.12. The molecule has 0 aliphatic carbocycles. The molecule has 6 heteroatoms. The van der Waals surface area contributed by atoms with Gasteiger partial charge in [-0.1, -0.05) is 0 Å². The van der Waals surface area contributed by atoms with Gasteiger partial charge in [0.2, 0.25) is 0 Å². The number of imidazole rings is 1. The molecule has 2 aromatic rings. The number of aliphatic hydroxyl groups is 1. The van der Waals surface area contributed by atoms with Crippen molar-refractivity contribution < 1.29 is 5.11 Å². The predicted molar refractivity (Wildman–Crippen MR) is 86.3 cm³/mol. The fourth-order valence-electron chi connectivity index (χ4n) is 3.27. The van der Waals surface area contributed by atoms with E-state index in [1.807, 2.05) is 6.92 Å². The van der Waals surface area contributed by atoms with Crippen LogP contribution in [0.3, 0.4) is 0 Å². The van der Waals surface area contributed by atoms with Crippen LogP contribution >= 0.6 is 15.9 Å². The summed E-state index contributed by atoms with van der Waals surface area (Å²) in [4.78, 5) is 11.4. The van der Waals surface area contributed by atoms with Gasteiger partial charge in [0, 0.05) is 36.4 Å². The molecule has 1 atom stereocenters. The summed E-state index contributed by atoms with van der Waals surface area (Å²) < 4.78 is 3.22. The number of halogens is 1. The Labute approximate surface area is 133 Å². The van der Waals surface area contributed by atoms with Crippen LogP contribution in [0, 0.1) is 6.92 Å². The molecular formula is C15H21BrN4O. The lowest BCUT2D eigenvalue weighted by molar-refractivity contribution is 0.191. The van der Waals surface area contributed by atoms with Crippen molar-refractivity contribution in [2.75, 3.05) is 19.7 Å². The Morgan fingerprint density at radius 1 is 1.43 bits per heavy atom. The van der Waals surface area contributed by atoms with Crippen LogP contribution in [0.1, 0.15) is 25.1 Å². The van der Waals surface area contributed by atoms with Crippen LogP contribution in [-0.4, -0.2) is 50.3 Å². The molecule has 114 valence electrons. The fourth-order valence-corrected chi connectivity index (χ4v) is 3.59. The maximum absolute atomic E-state index is 9.16. The highest BCUT2D eigenvalue weighted by atomic mass is 79.9. The van der Waals surface area contributed by atoms with Crippen LogP contribution < -0.4 is 0 Å². The molecule has 1 aliphatic heterocycles. The van der Waals surface area contributed by atoms with Gasteiger partial charge >= 0.3 is 0 Å². The van der Waals surface area contributed by atoms with Gasteiger partial charge in [0.25, 0.3) is 0 Å². The summed E-state index contributed by atoms with van der Waals surface area (Å²) in [5.74, 6) is 1.01. The van der Waals surface area contributed by atoms with Crippen molar-refractivity contribution in [1.82, 2.24) is 19.4 Å². The maximum atomic E-state index is 9.16. The van der Waals surface area contributed by atoms with Gasteiger partial charge in [-0.2, -0.15) is 0 Å². The molecule has 1 saturated heterocycles. The number of hydrogen-bond acceptors (Lipinski definition) is 4. The van der Waals surface area contributed by atoms with E-state index in [-0.39, 0.29) is 6.61 Å². The molecule has 1 N–H and O–H groups in total. The highest BCUT2D eigenvalue weighted by Crippen LogP contribution is 2.22. The first-order chi connectivity index (χ1) is 10.2. The summed E-state index contributed by atoms with van der Waals surface area (Å²) in [6, 6.07) is 2.62. The van der Waals surface area contributed by atoms with Gasteiger partial charge in [-0.3, -0.25) is 4.90 Å². The minimum atomic E-state index is 0.283. The topological polar surface area (TPSA) is 54.2 Å². The minimum Gasteiger partial charge on any atom is -0.396 e. The molecule has 0 radical (unpaired) electrons. The largest absolute Gasteiger partial charge is 0.396 e. The first-order valence-corrected chi connectivity index (χ1v) is 8.31. The molecule has 3 heterocycles. The summed E-state index contributed by atoms with van der Waals surface area (Å²) in [6.45, 7) is 5.38. The molecular weight excluding hydrogens is 332 g/mol. The van der Waals surface area contributed by atoms with E-state index < -0.39 is 0 Å². The fraction of sp³-hybridized carbons (Fsp3) is 0.600. The van der Waals surface area contributed by atoms with Crippen LogP contribution in [0.15, 0.2) is 16.7 Å². The zero-order valence-corrected chi connectivity index (χ0v) is 13.9. The molecule has 2 aromatic heterocycles. The lowest BCUT2D eigenvalue weighted by atomic mass is 10.1. The molecule has 5 nitrogen and oxygen atoms in total. The van der Waals surface area contributed by atoms with E-state index in [2.05, 4.69) is 41.4 Å². The first kappa shape index (κ1) is 14.9. The summed E-state index contributed by atoms with van der Waals surface area (Å²) in [7, 11) is 0. The third-order valence-corrected chi connectivity index (χ3v) is 4.77. The second-order valence-corrected chi connectivity index (χ2v) is 6.57. The van der Waals surface area contributed by atoms with Gasteiger partial charge in [0.1, 0.15) is 5.82 Å². The van der Waals surface area contributed by atoms with Gasteiger partial charge in [-0.05, 0) is 54.7 Å². The van der Waals surface area contributed by atoms with Crippen LogP contribution in [0.25, 0.3) is 11.2 Å². The molecule has 3 rings (SSSR count). The van der Waals surface area contributed by atoms with Crippen LogP contribution in [0.2, 0.25) is 0 Å². The Morgan fingerprint density at radius 3 is 3.10 bits per heavy atom. The molecule has 0 bridgehead atoms. The molecule has 1 unspecified atom stereocenters. The quantitative estimate of drug-likeness (QED) is 0.897. The van der Waals surface area contributed by atoms with E-state index in [0.717, 1.165) is 47.5 Å². The van der Waals surface area contributed by atoms with E-state index in [1.165, 1.54) is 12.8 Å². The van der Waals surface area contributed by atoms with Gasteiger partial charge in [-0.15, -0.1) is 0 Å². The van der Waals surface area contributed by atoms with Crippen molar-refractivity contribution in [3.63, 3.8) is 0 Å². The van der Waals surface area contributed by atoms with Crippen molar-refractivity contribution in [3.05, 3.63) is 22.6 Å². The van der Waals surface area contributed by atoms with E-state index in [9.17, 15) is 0 Å². The van der Waals surface area contributed by atoms with Crippen LogP contribution in [-0.2, 0) is 6.54 Å². The van der Waals surface area contributed by atoms with Crippen molar-refractivity contribution in [2.45, 2.75) is 38.8 Å². The zero-order chi connectivity index (χ0) is 14.8. The average molecular weight is 353 g/mol. The molecule has 21 heavy (non-hydrogen) atoms. The number of fused-ring (bicyclic) bond motifs is 1. The molecule has 0 aromatic carbocycles. The smallest absolute Gasteiger partial charge is 0.177 e. The van der Waals surface area contributed by atoms with E-state index in [4.69, 9.17) is 5.11 Å². The average Bonchev–Trinajstić information content (AvgIpc) is 3.01. The van der Waals surface area contributed by atoms with Gasteiger partial charge in [0.15, 0.2) is 5.65 Å². The number of nitrogens with zero attached hydrogens (tertiary/aromatic N) is 4. The molecule has 1 aliphatic rings. The summed E-state index contributed by atoms with van der Waals surface area (Å²) >= 11 is 3.48.